The molecule has 0 spiro atoms. The fourth-order valence-corrected chi connectivity index (χ4v) is 2.07. The SMILES string of the molecule is CNC(=O)N[C@@H]1CC(=O)N(c2ccc(OC)cc2)C1. The fourth-order valence-electron chi connectivity index (χ4n) is 2.07. The van der Waals surface area contributed by atoms with Crippen LogP contribution in [0.25, 0.3) is 0 Å². The van der Waals surface area contributed by atoms with Gasteiger partial charge in [-0.05, 0) is 24.3 Å². The smallest absolute Gasteiger partial charge is 0.314 e. The van der Waals surface area contributed by atoms with Crippen LogP contribution in [0.5, 0.6) is 5.75 Å². The molecule has 3 amide bonds. The van der Waals surface area contributed by atoms with Gasteiger partial charge in [-0.3, -0.25) is 4.79 Å². The van der Waals surface area contributed by atoms with Gasteiger partial charge in [-0.1, -0.05) is 0 Å². The average molecular weight is 263 g/mol. The molecule has 2 rings (SSSR count). The average Bonchev–Trinajstić information content (AvgIpc) is 2.79. The number of anilines is 1. The van der Waals surface area contributed by atoms with Crippen LogP contribution in [0.15, 0.2) is 24.3 Å². The van der Waals surface area contributed by atoms with Gasteiger partial charge in [0.2, 0.25) is 5.91 Å². The summed E-state index contributed by atoms with van der Waals surface area (Å²) in [5, 5.41) is 5.22. The zero-order chi connectivity index (χ0) is 13.8. The number of hydrogen-bond donors (Lipinski definition) is 2. The number of hydrogen-bond acceptors (Lipinski definition) is 3. The standard InChI is InChI=1S/C13H17N3O3/c1-14-13(18)15-9-7-12(17)16(8-9)10-3-5-11(19-2)6-4-10/h3-6,9H,7-8H2,1-2H3,(H2,14,15,18)/t9-/m1/s1. The third-order valence-corrected chi connectivity index (χ3v) is 3.07. The van der Waals surface area contributed by atoms with E-state index in [1.807, 2.05) is 24.3 Å². The second-order valence-electron chi connectivity index (χ2n) is 4.33. The molecule has 6 nitrogen and oxygen atoms in total. The number of ether oxygens (including phenoxy) is 1. The number of carbonyl (C=O) groups excluding carboxylic acids is 2. The first-order valence-electron chi connectivity index (χ1n) is 6.06. The van der Waals surface area contributed by atoms with E-state index in [0.717, 1.165) is 11.4 Å². The molecule has 6 heteroatoms. The van der Waals surface area contributed by atoms with Crippen molar-refractivity contribution in [1.82, 2.24) is 10.6 Å². The summed E-state index contributed by atoms with van der Waals surface area (Å²) in [6, 6.07) is 6.85. The maximum atomic E-state index is 11.9. The van der Waals surface area contributed by atoms with E-state index in [0.29, 0.717) is 13.0 Å². The Morgan fingerprint density at radius 2 is 2.05 bits per heavy atom. The topological polar surface area (TPSA) is 70.7 Å². The summed E-state index contributed by atoms with van der Waals surface area (Å²) in [6.45, 7) is 0.485. The summed E-state index contributed by atoms with van der Waals surface area (Å²) >= 11 is 0. The van der Waals surface area contributed by atoms with Crippen molar-refractivity contribution in [2.24, 2.45) is 0 Å². The van der Waals surface area contributed by atoms with E-state index in [4.69, 9.17) is 4.74 Å². The molecule has 2 N–H and O–H groups in total. The second-order valence-corrected chi connectivity index (χ2v) is 4.33. The fraction of sp³-hybridized carbons (Fsp3) is 0.385. The molecule has 0 aromatic heterocycles. The van der Waals surface area contributed by atoms with Gasteiger partial charge in [-0.2, -0.15) is 0 Å². The van der Waals surface area contributed by atoms with Crippen LogP contribution < -0.4 is 20.3 Å². The molecule has 102 valence electrons. The van der Waals surface area contributed by atoms with Crippen LogP contribution in [0.1, 0.15) is 6.42 Å². The first-order chi connectivity index (χ1) is 9.13. The van der Waals surface area contributed by atoms with Gasteiger partial charge in [0.25, 0.3) is 0 Å². The van der Waals surface area contributed by atoms with Gasteiger partial charge in [0, 0.05) is 25.7 Å². The van der Waals surface area contributed by atoms with Gasteiger partial charge >= 0.3 is 6.03 Å². The summed E-state index contributed by atoms with van der Waals surface area (Å²) in [5.41, 5.74) is 0.812. The van der Waals surface area contributed by atoms with E-state index < -0.39 is 0 Å². The number of nitrogens with zero attached hydrogens (tertiary/aromatic N) is 1. The minimum absolute atomic E-state index is 0.00608. The Labute approximate surface area is 111 Å². The van der Waals surface area contributed by atoms with Gasteiger partial charge in [-0.15, -0.1) is 0 Å². The lowest BCUT2D eigenvalue weighted by atomic mass is 10.2. The summed E-state index contributed by atoms with van der Waals surface area (Å²) in [5.74, 6) is 0.752. The van der Waals surface area contributed by atoms with Crippen LogP contribution in [-0.4, -0.2) is 38.7 Å². The second kappa shape index (κ2) is 5.60. The van der Waals surface area contributed by atoms with Crippen LogP contribution in [-0.2, 0) is 4.79 Å². The van der Waals surface area contributed by atoms with Gasteiger partial charge in [0.05, 0.1) is 13.2 Å². The maximum Gasteiger partial charge on any atom is 0.314 e. The molecule has 1 aliphatic rings. The highest BCUT2D eigenvalue weighted by Gasteiger charge is 2.31. The minimum atomic E-state index is -0.269. The Hall–Kier alpha value is -2.24. The van der Waals surface area contributed by atoms with E-state index in [-0.39, 0.29) is 18.0 Å². The predicted molar refractivity (Wildman–Crippen MR) is 71.3 cm³/mol. The molecule has 1 aromatic rings. The molecule has 0 aliphatic carbocycles. The zero-order valence-corrected chi connectivity index (χ0v) is 11.0. The molecule has 1 fully saturated rings. The van der Waals surface area contributed by atoms with Crippen molar-refractivity contribution >= 4 is 17.6 Å². The molecule has 0 saturated carbocycles. The van der Waals surface area contributed by atoms with Gasteiger partial charge in [-0.25, -0.2) is 4.79 Å². The Morgan fingerprint density at radius 3 is 2.63 bits per heavy atom. The number of carbonyl (C=O) groups is 2. The lowest BCUT2D eigenvalue weighted by Gasteiger charge is -2.17. The van der Waals surface area contributed by atoms with E-state index in [1.54, 1.807) is 19.1 Å². The molecule has 1 atom stereocenters. The lowest BCUT2D eigenvalue weighted by molar-refractivity contribution is -0.117. The third-order valence-electron chi connectivity index (χ3n) is 3.07. The Morgan fingerprint density at radius 1 is 1.37 bits per heavy atom. The van der Waals surface area contributed by atoms with Gasteiger partial charge < -0.3 is 20.3 Å². The highest BCUT2D eigenvalue weighted by atomic mass is 16.5. The Balaban J connectivity index is 2.04. The van der Waals surface area contributed by atoms with Crippen molar-refractivity contribution in [1.29, 1.82) is 0 Å². The Kier molecular flexibility index (Phi) is 3.89. The van der Waals surface area contributed by atoms with E-state index in [2.05, 4.69) is 10.6 Å². The van der Waals surface area contributed by atoms with Crippen LogP contribution >= 0.6 is 0 Å². The predicted octanol–water partition coefficient (Wildman–Crippen LogP) is 0.729. The molecular weight excluding hydrogens is 246 g/mol. The van der Waals surface area contributed by atoms with Crippen LogP contribution in [0.4, 0.5) is 10.5 Å². The summed E-state index contributed by atoms with van der Waals surface area (Å²) in [6.07, 6.45) is 0.319. The first kappa shape index (κ1) is 13.2. The Bertz CT molecular complexity index is 473. The van der Waals surface area contributed by atoms with Crippen LogP contribution in [0.3, 0.4) is 0 Å². The minimum Gasteiger partial charge on any atom is -0.497 e. The largest absolute Gasteiger partial charge is 0.497 e. The number of nitrogens with one attached hydrogen (secondary N) is 2. The van der Waals surface area contributed by atoms with Crippen LogP contribution in [0, 0.1) is 0 Å². The number of urea groups is 1. The summed E-state index contributed by atoms with van der Waals surface area (Å²) < 4.78 is 5.08. The molecular formula is C13H17N3O3. The van der Waals surface area contributed by atoms with Crippen molar-refractivity contribution in [3.63, 3.8) is 0 Å². The lowest BCUT2D eigenvalue weighted by Crippen LogP contribution is -2.41. The van der Waals surface area contributed by atoms with Crippen molar-refractivity contribution in [2.45, 2.75) is 12.5 Å². The van der Waals surface area contributed by atoms with E-state index in [1.165, 1.54) is 0 Å². The number of benzene rings is 1. The van der Waals surface area contributed by atoms with Crippen LogP contribution in [0.2, 0.25) is 0 Å². The third kappa shape index (κ3) is 2.96. The number of methoxy groups -OCH3 is 1. The highest BCUT2D eigenvalue weighted by molar-refractivity contribution is 5.96. The summed E-state index contributed by atoms with van der Waals surface area (Å²) in [7, 11) is 3.15. The maximum absolute atomic E-state index is 11.9. The molecule has 0 bridgehead atoms. The normalized spacial score (nSPS) is 18.3. The molecule has 1 heterocycles. The molecule has 0 radical (unpaired) electrons. The van der Waals surface area contributed by atoms with Crippen molar-refractivity contribution in [3.8, 4) is 5.75 Å². The van der Waals surface area contributed by atoms with Crippen molar-refractivity contribution < 1.29 is 14.3 Å². The van der Waals surface area contributed by atoms with Gasteiger partial charge in [0.1, 0.15) is 5.75 Å². The molecule has 1 aromatic carbocycles. The zero-order valence-electron chi connectivity index (χ0n) is 11.0. The van der Waals surface area contributed by atoms with Crippen molar-refractivity contribution in [3.05, 3.63) is 24.3 Å². The van der Waals surface area contributed by atoms with Gasteiger partial charge in [0.15, 0.2) is 0 Å². The first-order valence-corrected chi connectivity index (χ1v) is 6.06. The monoisotopic (exact) mass is 263 g/mol. The molecule has 1 aliphatic heterocycles. The molecule has 19 heavy (non-hydrogen) atoms. The highest BCUT2D eigenvalue weighted by Crippen LogP contribution is 2.23. The number of amides is 3. The number of rotatable bonds is 3. The quantitative estimate of drug-likeness (QED) is 0.844. The van der Waals surface area contributed by atoms with E-state index in [9.17, 15) is 9.59 Å². The molecule has 1 saturated heterocycles. The van der Waals surface area contributed by atoms with E-state index >= 15 is 0 Å². The summed E-state index contributed by atoms with van der Waals surface area (Å²) in [4.78, 5) is 24.8. The van der Waals surface area contributed by atoms with Crippen molar-refractivity contribution in [2.75, 3.05) is 25.6 Å². The molecule has 0 unspecified atom stereocenters.